The van der Waals surface area contributed by atoms with Crippen LogP contribution in [0.15, 0.2) is 72.9 Å². The lowest BCUT2D eigenvalue weighted by molar-refractivity contribution is -0.118. The maximum atomic E-state index is 13.5. The normalized spacial score (nSPS) is 11.4. The number of hydrogen-bond acceptors (Lipinski definition) is 9. The first-order valence-corrected chi connectivity index (χ1v) is 12.1. The highest BCUT2D eigenvalue weighted by Crippen LogP contribution is 2.36. The summed E-state index contributed by atoms with van der Waals surface area (Å²) >= 11 is 0.956. The summed E-state index contributed by atoms with van der Waals surface area (Å²) in [4.78, 5) is 47.1. The lowest BCUT2D eigenvalue weighted by Crippen LogP contribution is -2.39. The Morgan fingerprint density at radius 1 is 1.08 bits per heavy atom. The standard InChI is InChI=1S/C26H23FN6O4S/c1-15(24(29)35)33(19-10-8-18(27)9-11-19)25-32-23(28)22(38-25)21(34)17-7-12-20(30-13-17)31-26(36)37-14-16-5-3-2-4-6-16/h2-13,15H,14,28H2,1H3,(H2,29,35)(H,30,31,36)/t15-/m1/s1. The van der Waals surface area contributed by atoms with Crippen molar-refractivity contribution in [2.45, 2.75) is 19.6 Å². The molecule has 0 radical (unpaired) electrons. The summed E-state index contributed by atoms with van der Waals surface area (Å²) in [5, 5.41) is 2.73. The minimum absolute atomic E-state index is 0.0505. The molecule has 0 aliphatic carbocycles. The van der Waals surface area contributed by atoms with Crippen molar-refractivity contribution in [3.63, 3.8) is 0 Å². The van der Waals surface area contributed by atoms with Crippen LogP contribution in [0.25, 0.3) is 0 Å². The number of pyridine rings is 1. The van der Waals surface area contributed by atoms with Gasteiger partial charge < -0.3 is 21.1 Å². The van der Waals surface area contributed by atoms with Crippen LogP contribution in [0.4, 0.5) is 31.6 Å². The number of amides is 2. The van der Waals surface area contributed by atoms with Gasteiger partial charge in [-0.2, -0.15) is 0 Å². The van der Waals surface area contributed by atoms with Crippen molar-refractivity contribution in [2.24, 2.45) is 5.73 Å². The van der Waals surface area contributed by atoms with Gasteiger partial charge in [0, 0.05) is 17.4 Å². The molecule has 38 heavy (non-hydrogen) atoms. The summed E-state index contributed by atoms with van der Waals surface area (Å²) in [5.41, 5.74) is 13.0. The zero-order valence-electron chi connectivity index (χ0n) is 20.1. The number of thiazole rings is 1. The number of rotatable bonds is 9. The monoisotopic (exact) mass is 534 g/mol. The van der Waals surface area contributed by atoms with E-state index in [1.54, 1.807) is 6.92 Å². The number of nitrogens with one attached hydrogen (secondary N) is 1. The van der Waals surface area contributed by atoms with Crippen molar-refractivity contribution in [1.29, 1.82) is 0 Å². The Labute approximate surface area is 221 Å². The third-order valence-electron chi connectivity index (χ3n) is 5.43. The van der Waals surface area contributed by atoms with Crippen molar-refractivity contribution in [3.8, 4) is 0 Å². The van der Waals surface area contributed by atoms with E-state index in [2.05, 4.69) is 15.3 Å². The Bertz CT molecular complexity index is 1450. The molecule has 2 heterocycles. The van der Waals surface area contributed by atoms with Crippen LogP contribution in [0.3, 0.4) is 0 Å². The van der Waals surface area contributed by atoms with Crippen LogP contribution in [0.1, 0.15) is 27.7 Å². The predicted octanol–water partition coefficient (Wildman–Crippen LogP) is 4.25. The highest BCUT2D eigenvalue weighted by Gasteiger charge is 2.27. The molecule has 5 N–H and O–H groups in total. The van der Waals surface area contributed by atoms with Crippen molar-refractivity contribution >= 4 is 51.6 Å². The number of benzene rings is 2. The first kappa shape index (κ1) is 26.2. The first-order valence-electron chi connectivity index (χ1n) is 11.3. The topological polar surface area (TPSA) is 154 Å². The second kappa shape index (κ2) is 11.5. The van der Waals surface area contributed by atoms with Crippen molar-refractivity contribution in [3.05, 3.63) is 94.7 Å². The fourth-order valence-corrected chi connectivity index (χ4v) is 4.46. The Morgan fingerprint density at radius 3 is 2.42 bits per heavy atom. The number of halogens is 1. The second-order valence-corrected chi connectivity index (χ2v) is 9.06. The largest absolute Gasteiger partial charge is 0.444 e. The number of primary amides is 1. The molecule has 0 aliphatic heterocycles. The van der Waals surface area contributed by atoms with Gasteiger partial charge in [-0.25, -0.2) is 19.2 Å². The van der Waals surface area contributed by atoms with Crippen LogP contribution in [0.5, 0.6) is 0 Å². The molecule has 0 aliphatic rings. The van der Waals surface area contributed by atoms with E-state index in [0.29, 0.717) is 5.69 Å². The molecule has 12 heteroatoms. The molecule has 194 valence electrons. The summed E-state index contributed by atoms with van der Waals surface area (Å²) in [7, 11) is 0. The first-order chi connectivity index (χ1) is 18.2. The molecule has 10 nitrogen and oxygen atoms in total. The number of nitrogen functional groups attached to an aromatic ring is 1. The molecule has 0 spiro atoms. The minimum atomic E-state index is -0.859. The molecule has 4 rings (SSSR count). The highest BCUT2D eigenvalue weighted by atomic mass is 32.1. The number of nitrogens with two attached hydrogens (primary N) is 2. The van der Waals surface area contributed by atoms with Gasteiger partial charge >= 0.3 is 6.09 Å². The van der Waals surface area contributed by atoms with Gasteiger partial charge in [-0.05, 0) is 48.9 Å². The summed E-state index contributed by atoms with van der Waals surface area (Å²) in [6.45, 7) is 1.66. The number of hydrogen-bond donors (Lipinski definition) is 3. The van der Waals surface area contributed by atoms with Gasteiger partial charge in [0.05, 0.1) is 0 Å². The zero-order chi connectivity index (χ0) is 27.2. The molecule has 0 unspecified atom stereocenters. The van der Waals surface area contributed by atoms with Gasteiger partial charge in [0.2, 0.25) is 11.7 Å². The Balaban J connectivity index is 1.49. The lowest BCUT2D eigenvalue weighted by Gasteiger charge is -2.26. The molecule has 1 atom stereocenters. The van der Waals surface area contributed by atoms with Crippen LogP contribution < -0.4 is 21.7 Å². The number of ketones is 1. The number of carbonyl (C=O) groups is 3. The number of aromatic nitrogens is 2. The molecule has 2 amide bonds. The highest BCUT2D eigenvalue weighted by molar-refractivity contribution is 7.18. The molecular weight excluding hydrogens is 511 g/mol. The smallest absolute Gasteiger partial charge is 0.413 e. The number of nitrogens with zero attached hydrogens (tertiary/aromatic N) is 3. The molecule has 0 saturated heterocycles. The average molecular weight is 535 g/mol. The van der Waals surface area contributed by atoms with Crippen LogP contribution in [0.2, 0.25) is 0 Å². The SMILES string of the molecule is C[C@H](C(N)=O)N(c1ccc(F)cc1)c1nc(N)c(C(=O)c2ccc(NC(=O)OCc3ccccc3)nc2)s1. The van der Waals surface area contributed by atoms with E-state index in [1.807, 2.05) is 30.3 Å². The van der Waals surface area contributed by atoms with Crippen molar-refractivity contribution < 1.29 is 23.5 Å². The van der Waals surface area contributed by atoms with E-state index in [4.69, 9.17) is 16.2 Å². The van der Waals surface area contributed by atoms with Gasteiger partial charge in [0.15, 0.2) is 5.13 Å². The molecule has 0 fully saturated rings. The maximum Gasteiger partial charge on any atom is 0.413 e. The fraction of sp³-hybridized carbons (Fsp3) is 0.115. The van der Waals surface area contributed by atoms with E-state index in [1.165, 1.54) is 47.5 Å². The third kappa shape index (κ3) is 6.10. The predicted molar refractivity (Wildman–Crippen MR) is 142 cm³/mol. The van der Waals surface area contributed by atoms with Crippen LogP contribution in [-0.2, 0) is 16.1 Å². The third-order valence-corrected chi connectivity index (χ3v) is 6.50. The number of ether oxygens (including phenoxy) is 1. The van der Waals surface area contributed by atoms with E-state index in [9.17, 15) is 18.8 Å². The average Bonchev–Trinajstić information content (AvgIpc) is 3.30. The fourth-order valence-electron chi connectivity index (χ4n) is 3.41. The van der Waals surface area contributed by atoms with Gasteiger partial charge in [-0.1, -0.05) is 41.7 Å². The Morgan fingerprint density at radius 2 is 1.79 bits per heavy atom. The quantitative estimate of drug-likeness (QED) is 0.269. The molecule has 0 bridgehead atoms. The van der Waals surface area contributed by atoms with Crippen molar-refractivity contribution in [1.82, 2.24) is 9.97 Å². The maximum absolute atomic E-state index is 13.5. The second-order valence-electron chi connectivity index (χ2n) is 8.08. The van der Waals surface area contributed by atoms with E-state index in [0.717, 1.165) is 16.9 Å². The summed E-state index contributed by atoms with van der Waals surface area (Å²) in [6.07, 6.45) is 0.596. The number of anilines is 4. The van der Waals surface area contributed by atoms with Crippen LogP contribution >= 0.6 is 11.3 Å². The van der Waals surface area contributed by atoms with Crippen LogP contribution in [0, 0.1) is 5.82 Å². The summed E-state index contributed by atoms with van der Waals surface area (Å²) in [5.74, 6) is -1.42. The van der Waals surface area contributed by atoms with Crippen LogP contribution in [-0.4, -0.2) is 33.8 Å². The molecule has 0 saturated carbocycles. The van der Waals surface area contributed by atoms with Gasteiger partial charge in [0.1, 0.15) is 35.0 Å². The summed E-state index contributed by atoms with van der Waals surface area (Å²) < 4.78 is 18.6. The number of carbonyl (C=O) groups excluding carboxylic acids is 3. The Kier molecular flexibility index (Phi) is 7.92. The zero-order valence-corrected chi connectivity index (χ0v) is 20.9. The van der Waals surface area contributed by atoms with Crippen molar-refractivity contribution in [2.75, 3.05) is 16.0 Å². The van der Waals surface area contributed by atoms with Gasteiger partial charge in [-0.3, -0.25) is 14.9 Å². The van der Waals surface area contributed by atoms with E-state index >= 15 is 0 Å². The lowest BCUT2D eigenvalue weighted by atomic mass is 10.1. The summed E-state index contributed by atoms with van der Waals surface area (Å²) in [6, 6.07) is 16.7. The molecular formula is C26H23FN6O4S. The molecule has 2 aromatic carbocycles. The Hall–Kier alpha value is -4.84. The van der Waals surface area contributed by atoms with E-state index in [-0.39, 0.29) is 33.8 Å². The molecule has 4 aromatic rings. The van der Waals surface area contributed by atoms with Gasteiger partial charge in [-0.15, -0.1) is 0 Å². The molecule has 2 aromatic heterocycles. The minimum Gasteiger partial charge on any atom is -0.444 e. The van der Waals surface area contributed by atoms with Gasteiger partial charge in [0.25, 0.3) is 0 Å². The van der Waals surface area contributed by atoms with E-state index < -0.39 is 29.6 Å².